The van der Waals surface area contributed by atoms with E-state index in [0.29, 0.717) is 42.7 Å². The Bertz CT molecular complexity index is 1970. The number of likely N-dealkylation sites (tertiary alicyclic amines) is 1. The smallest absolute Gasteiger partial charge is 0.339 e. The van der Waals surface area contributed by atoms with Crippen LogP contribution in [0.3, 0.4) is 0 Å². The van der Waals surface area contributed by atoms with E-state index < -0.39 is 23.9 Å². The molecule has 1 fully saturated rings. The number of para-hydroxylation sites is 1. The first-order chi connectivity index (χ1) is 25.0. The number of carbonyl (C=O) groups excluding carboxylic acids is 4. The van der Waals surface area contributed by atoms with Crippen LogP contribution in [0.15, 0.2) is 73.2 Å². The van der Waals surface area contributed by atoms with E-state index in [4.69, 9.17) is 11.6 Å². The van der Waals surface area contributed by atoms with Crippen LogP contribution in [-0.2, 0) is 27.2 Å². The van der Waals surface area contributed by atoms with E-state index in [2.05, 4.69) is 36.2 Å². The third-order valence-corrected chi connectivity index (χ3v) is 8.19. The number of benzene rings is 2. The number of fused-ring (bicyclic) bond motifs is 6. The summed E-state index contributed by atoms with van der Waals surface area (Å²) in [5, 5.41) is 12.9. The predicted octanol–water partition coefficient (Wildman–Crippen LogP) is 7.24. The van der Waals surface area contributed by atoms with E-state index in [9.17, 15) is 45.5 Å². The molecular formula is C34H29ClF6N8O4. The molecule has 0 radical (unpaired) electrons. The van der Waals surface area contributed by atoms with Crippen molar-refractivity contribution in [2.24, 2.45) is 5.92 Å². The second kappa shape index (κ2) is 16.3. The van der Waals surface area contributed by atoms with Crippen molar-refractivity contribution in [3.63, 3.8) is 0 Å². The van der Waals surface area contributed by atoms with E-state index in [0.717, 1.165) is 46.7 Å². The van der Waals surface area contributed by atoms with Crippen LogP contribution in [0.2, 0.25) is 5.02 Å². The SMILES string of the molecule is O=C(C(=O)C(F)(F)F)C(F)(F)F.O=C(CC1CCN(C(=O)Nc2ccccc2)C1)Nc1ccc2cc1CCc1cncc(c1)Nc1ncc(Cl)c(n1)N2. The molecule has 1 saturated heterocycles. The van der Waals surface area contributed by atoms with Gasteiger partial charge in [-0.15, -0.1) is 0 Å². The molecule has 278 valence electrons. The third-order valence-electron chi connectivity index (χ3n) is 7.91. The minimum atomic E-state index is -5.77. The molecule has 4 N–H and O–H groups in total. The minimum absolute atomic E-state index is 0.0726. The molecule has 53 heavy (non-hydrogen) atoms. The van der Waals surface area contributed by atoms with Crippen molar-refractivity contribution in [1.29, 1.82) is 0 Å². The largest absolute Gasteiger partial charge is 0.458 e. The van der Waals surface area contributed by atoms with Crippen molar-refractivity contribution in [1.82, 2.24) is 19.9 Å². The Labute approximate surface area is 302 Å². The highest BCUT2D eigenvalue weighted by Crippen LogP contribution is 2.30. The molecule has 1 atom stereocenters. The van der Waals surface area contributed by atoms with E-state index >= 15 is 0 Å². The molecule has 3 amide bonds. The Hall–Kier alpha value is -5.78. The number of halogens is 7. The second-order valence-corrected chi connectivity index (χ2v) is 12.3. The Kier molecular flexibility index (Phi) is 11.8. The number of urea groups is 1. The molecule has 12 nitrogen and oxygen atoms in total. The number of carbonyl (C=O) groups is 4. The van der Waals surface area contributed by atoms with Crippen molar-refractivity contribution in [3.8, 4) is 0 Å². The van der Waals surface area contributed by atoms with Gasteiger partial charge in [0.2, 0.25) is 11.9 Å². The number of hydrogen-bond acceptors (Lipinski definition) is 9. The maximum Gasteiger partial charge on any atom is 0.458 e. The Morgan fingerprint density at radius 3 is 2.26 bits per heavy atom. The van der Waals surface area contributed by atoms with Crippen LogP contribution in [-0.4, -0.2) is 68.8 Å². The third kappa shape index (κ3) is 10.6. The van der Waals surface area contributed by atoms with E-state index in [-0.39, 0.29) is 17.9 Å². The number of nitrogens with one attached hydrogen (secondary N) is 4. The lowest BCUT2D eigenvalue weighted by molar-refractivity contribution is -0.193. The lowest BCUT2D eigenvalue weighted by atomic mass is 10.0. The molecule has 2 aliphatic rings. The van der Waals surface area contributed by atoms with E-state index in [1.807, 2.05) is 60.8 Å². The van der Waals surface area contributed by atoms with Gasteiger partial charge in [-0.1, -0.05) is 29.8 Å². The fourth-order valence-corrected chi connectivity index (χ4v) is 5.52. The average molecular weight is 763 g/mol. The van der Waals surface area contributed by atoms with Gasteiger partial charge in [-0.3, -0.25) is 19.4 Å². The minimum Gasteiger partial charge on any atom is -0.339 e. The van der Waals surface area contributed by atoms with Gasteiger partial charge in [-0.2, -0.15) is 31.3 Å². The first-order valence-corrected chi connectivity index (χ1v) is 16.2. The Balaban J connectivity index is 0.000000390. The number of amides is 3. The Morgan fingerprint density at radius 1 is 0.849 bits per heavy atom. The van der Waals surface area contributed by atoms with Crippen LogP contribution in [0.1, 0.15) is 24.0 Å². The van der Waals surface area contributed by atoms with Crippen molar-refractivity contribution < 1.29 is 45.5 Å². The summed E-state index contributed by atoms with van der Waals surface area (Å²) >= 11 is 6.37. The molecule has 4 heterocycles. The van der Waals surface area contributed by atoms with Crippen LogP contribution >= 0.6 is 11.6 Å². The summed E-state index contributed by atoms with van der Waals surface area (Å²) in [6.45, 7) is 1.17. The molecule has 0 aliphatic carbocycles. The van der Waals surface area contributed by atoms with Crippen LogP contribution in [0, 0.1) is 5.92 Å². The van der Waals surface area contributed by atoms with E-state index in [1.54, 1.807) is 17.3 Å². The van der Waals surface area contributed by atoms with Gasteiger partial charge in [0, 0.05) is 42.8 Å². The van der Waals surface area contributed by atoms with Gasteiger partial charge in [-0.05, 0) is 72.7 Å². The van der Waals surface area contributed by atoms with Crippen molar-refractivity contribution in [3.05, 3.63) is 89.3 Å². The zero-order chi connectivity index (χ0) is 38.3. The lowest BCUT2D eigenvalue weighted by Crippen LogP contribution is -2.39. The number of nitrogens with zero attached hydrogens (tertiary/aromatic N) is 4. The zero-order valence-corrected chi connectivity index (χ0v) is 28.1. The molecule has 0 spiro atoms. The number of aryl methyl sites for hydroxylation is 2. The van der Waals surface area contributed by atoms with Gasteiger partial charge >= 0.3 is 30.0 Å². The van der Waals surface area contributed by atoms with E-state index in [1.165, 1.54) is 0 Å². The lowest BCUT2D eigenvalue weighted by Gasteiger charge is -2.18. The zero-order valence-electron chi connectivity index (χ0n) is 27.3. The fraction of sp³-hybridized carbons (Fsp3) is 0.265. The second-order valence-electron chi connectivity index (χ2n) is 11.9. The number of anilines is 6. The van der Waals surface area contributed by atoms with Gasteiger partial charge in [0.1, 0.15) is 5.02 Å². The standard InChI is InChI=1S/C30H29ClN8O2.C4F6O2/c31-25-17-33-29-35-24-12-19(15-32-16-24)6-7-21-14-23(34-28(25)38-29)8-9-26(21)37-27(40)13-20-10-11-39(18-20)30(41)36-22-4-2-1-3-5-22;5-3(6,7)1(11)2(12)4(8,9)10/h1-5,8-9,12,14-17,20H,6-7,10-11,13,18H2,(H,36,41)(H,37,40)(H2,33,34,35,38);. The molecule has 1 unspecified atom stereocenters. The van der Waals surface area contributed by atoms with Gasteiger partial charge in [0.05, 0.1) is 18.1 Å². The predicted molar refractivity (Wildman–Crippen MR) is 182 cm³/mol. The van der Waals surface area contributed by atoms with Gasteiger partial charge in [-0.25, -0.2) is 9.78 Å². The first kappa shape index (κ1) is 38.5. The van der Waals surface area contributed by atoms with Crippen molar-refractivity contribution in [2.45, 2.75) is 38.0 Å². The maximum atomic E-state index is 13.1. The number of rotatable bonds is 5. The van der Waals surface area contributed by atoms with Crippen molar-refractivity contribution >= 4 is 69.6 Å². The molecule has 6 rings (SSSR count). The quantitative estimate of drug-likeness (QED) is 0.122. The van der Waals surface area contributed by atoms with Crippen LogP contribution < -0.4 is 21.3 Å². The Morgan fingerprint density at radius 2 is 1.57 bits per heavy atom. The molecule has 6 bridgehead atoms. The van der Waals surface area contributed by atoms with Gasteiger partial charge < -0.3 is 26.2 Å². The number of aromatic nitrogens is 3. The summed E-state index contributed by atoms with van der Waals surface area (Å²) in [6, 6.07) is 17.0. The molecule has 2 aromatic heterocycles. The molecular weight excluding hydrogens is 734 g/mol. The number of hydrogen-bond donors (Lipinski definition) is 4. The highest BCUT2D eigenvalue weighted by Gasteiger charge is 2.54. The number of alkyl halides is 6. The molecule has 2 aliphatic heterocycles. The highest BCUT2D eigenvalue weighted by molar-refractivity contribution is 6.41. The van der Waals surface area contributed by atoms with Crippen LogP contribution in [0.5, 0.6) is 0 Å². The number of pyridine rings is 1. The number of Topliss-reactive ketones (excluding diaryl/α,β-unsaturated/α-hetero) is 2. The summed E-state index contributed by atoms with van der Waals surface area (Å²) in [5.41, 5.74) is 5.10. The summed E-state index contributed by atoms with van der Waals surface area (Å²) < 4.78 is 67.0. The van der Waals surface area contributed by atoms with Crippen LogP contribution in [0.25, 0.3) is 0 Å². The molecule has 4 aromatic rings. The topological polar surface area (TPSA) is 158 Å². The average Bonchev–Trinajstić information content (AvgIpc) is 3.57. The van der Waals surface area contributed by atoms with Gasteiger partial charge in [0.15, 0.2) is 5.82 Å². The summed E-state index contributed by atoms with van der Waals surface area (Å²) in [7, 11) is 0. The summed E-state index contributed by atoms with van der Waals surface area (Å²) in [6.07, 6.45) is -3.92. The maximum absolute atomic E-state index is 13.1. The highest BCUT2D eigenvalue weighted by atomic mass is 35.5. The monoisotopic (exact) mass is 762 g/mol. The van der Waals surface area contributed by atoms with Crippen LogP contribution in [0.4, 0.5) is 65.7 Å². The van der Waals surface area contributed by atoms with Crippen molar-refractivity contribution in [2.75, 3.05) is 34.4 Å². The fourth-order valence-electron chi connectivity index (χ4n) is 5.38. The first-order valence-electron chi connectivity index (χ1n) is 15.8. The molecule has 19 heteroatoms. The molecule has 0 saturated carbocycles. The van der Waals surface area contributed by atoms with Gasteiger partial charge in [0.25, 0.3) is 0 Å². The molecule has 2 aromatic carbocycles. The summed E-state index contributed by atoms with van der Waals surface area (Å²) in [4.78, 5) is 59.9. The normalized spacial score (nSPS) is 15.2. The number of ketones is 2. The summed E-state index contributed by atoms with van der Waals surface area (Å²) in [5.74, 6) is -5.92.